The van der Waals surface area contributed by atoms with Crippen LogP contribution in [-0.4, -0.2) is 22.4 Å². The molecule has 0 fully saturated rings. The lowest BCUT2D eigenvalue weighted by Gasteiger charge is -2.21. The second-order valence-corrected chi connectivity index (χ2v) is 5.21. The summed E-state index contributed by atoms with van der Waals surface area (Å²) in [6.45, 7) is 9.96. The lowest BCUT2D eigenvalue weighted by Crippen LogP contribution is -2.25. The Morgan fingerprint density at radius 1 is 1.35 bits per heavy atom. The molecule has 0 spiro atoms. The molecular weight excluding hydrogens is 212 g/mol. The van der Waals surface area contributed by atoms with Crippen molar-refractivity contribution in [2.24, 2.45) is 5.92 Å². The summed E-state index contributed by atoms with van der Waals surface area (Å²) < 4.78 is 0. The largest absolute Gasteiger partial charge is 0.386 e. The van der Waals surface area contributed by atoms with Crippen LogP contribution in [-0.2, 0) is 0 Å². The predicted molar refractivity (Wildman–Crippen MR) is 71.7 cm³/mol. The summed E-state index contributed by atoms with van der Waals surface area (Å²) in [4.78, 5) is 0. The van der Waals surface area contributed by atoms with E-state index in [1.807, 2.05) is 19.9 Å². The van der Waals surface area contributed by atoms with E-state index in [1.54, 1.807) is 6.08 Å². The second-order valence-electron chi connectivity index (χ2n) is 5.21. The molecule has 96 valence electrons. The predicted octanol–water partition coefficient (Wildman–Crippen LogP) is 2.98. The van der Waals surface area contributed by atoms with E-state index >= 15 is 0 Å². The topological polar surface area (TPSA) is 40.5 Å². The normalized spacial score (nSPS) is 37.6. The van der Waals surface area contributed by atoms with Crippen LogP contribution >= 0.6 is 0 Å². The summed E-state index contributed by atoms with van der Waals surface area (Å²) >= 11 is 0. The van der Waals surface area contributed by atoms with Gasteiger partial charge in [-0.05, 0) is 51.5 Å². The van der Waals surface area contributed by atoms with Crippen molar-refractivity contribution in [2.75, 3.05) is 0 Å². The zero-order valence-electron chi connectivity index (χ0n) is 11.1. The molecule has 0 saturated carbocycles. The minimum atomic E-state index is -0.785. The fourth-order valence-electron chi connectivity index (χ4n) is 2.15. The van der Waals surface area contributed by atoms with Gasteiger partial charge in [0, 0.05) is 0 Å². The zero-order chi connectivity index (χ0) is 13.0. The van der Waals surface area contributed by atoms with Crippen molar-refractivity contribution in [3.05, 3.63) is 35.5 Å². The van der Waals surface area contributed by atoms with Gasteiger partial charge in [0.1, 0.15) is 12.2 Å². The first kappa shape index (κ1) is 14.2. The smallest absolute Gasteiger partial charge is 0.104 e. The quantitative estimate of drug-likeness (QED) is 0.687. The monoisotopic (exact) mass is 236 g/mol. The average Bonchev–Trinajstić information content (AvgIpc) is 2.25. The van der Waals surface area contributed by atoms with Gasteiger partial charge in [-0.15, -0.1) is 0 Å². The molecule has 0 saturated heterocycles. The molecule has 0 amide bonds. The van der Waals surface area contributed by atoms with Gasteiger partial charge >= 0.3 is 0 Å². The molecule has 0 bridgehead atoms. The second kappa shape index (κ2) is 6.18. The molecule has 1 rings (SSSR count). The van der Waals surface area contributed by atoms with E-state index < -0.39 is 12.2 Å². The van der Waals surface area contributed by atoms with Crippen molar-refractivity contribution >= 4 is 0 Å². The molecule has 0 aliphatic heterocycles. The van der Waals surface area contributed by atoms with Crippen LogP contribution in [0.15, 0.2) is 35.5 Å². The molecule has 0 aromatic rings. The lowest BCUT2D eigenvalue weighted by atomic mass is 9.88. The van der Waals surface area contributed by atoms with E-state index in [4.69, 9.17) is 0 Å². The van der Waals surface area contributed by atoms with E-state index in [0.29, 0.717) is 5.92 Å². The first-order chi connectivity index (χ1) is 7.91. The molecule has 2 heteroatoms. The van der Waals surface area contributed by atoms with Crippen LogP contribution in [0.2, 0.25) is 0 Å². The summed E-state index contributed by atoms with van der Waals surface area (Å²) in [5.74, 6) is 0.468. The molecule has 0 unspecified atom stereocenters. The average molecular weight is 236 g/mol. The Bertz CT molecular complexity index is 339. The molecule has 0 heterocycles. The summed E-state index contributed by atoms with van der Waals surface area (Å²) in [7, 11) is 0. The van der Waals surface area contributed by atoms with Gasteiger partial charge in [-0.3, -0.25) is 0 Å². The Morgan fingerprint density at radius 2 is 2.00 bits per heavy atom. The minimum absolute atomic E-state index is 0.468. The van der Waals surface area contributed by atoms with Crippen LogP contribution in [0.3, 0.4) is 0 Å². The Labute approximate surface area is 104 Å². The van der Waals surface area contributed by atoms with Crippen LogP contribution in [0.4, 0.5) is 0 Å². The Morgan fingerprint density at radius 3 is 2.59 bits per heavy atom. The van der Waals surface area contributed by atoms with Crippen LogP contribution in [0.1, 0.15) is 40.0 Å². The minimum Gasteiger partial charge on any atom is -0.386 e. The SMILES string of the molecule is C=C(C)[C@@H]1C/C=C(\C)[C@@H](O)[C@H](O)/C=C(\C)CC1. The maximum atomic E-state index is 9.93. The highest BCUT2D eigenvalue weighted by atomic mass is 16.3. The third-order valence-corrected chi connectivity index (χ3v) is 3.55. The molecule has 3 atom stereocenters. The van der Waals surface area contributed by atoms with Gasteiger partial charge in [0.15, 0.2) is 0 Å². The van der Waals surface area contributed by atoms with E-state index in [-0.39, 0.29) is 0 Å². The number of aliphatic hydroxyl groups is 2. The number of aliphatic hydroxyl groups excluding tert-OH is 2. The molecule has 2 nitrogen and oxygen atoms in total. The van der Waals surface area contributed by atoms with Crippen molar-refractivity contribution in [3.63, 3.8) is 0 Å². The van der Waals surface area contributed by atoms with Crippen molar-refractivity contribution in [1.29, 1.82) is 0 Å². The third-order valence-electron chi connectivity index (χ3n) is 3.55. The van der Waals surface area contributed by atoms with Gasteiger partial charge in [-0.2, -0.15) is 0 Å². The summed E-state index contributed by atoms with van der Waals surface area (Å²) in [5.41, 5.74) is 3.17. The standard InChI is InChI=1S/C15H24O2/c1-10(2)13-7-5-11(3)9-14(16)15(17)12(4)6-8-13/h6,9,13-17H,1,5,7-8H2,2-4H3/b11-9+,12-6+/t13-,14+,15+/m0/s1. The Balaban J connectivity index is 2.91. The summed E-state index contributed by atoms with van der Waals surface area (Å²) in [6.07, 6.45) is 5.14. The first-order valence-corrected chi connectivity index (χ1v) is 6.27. The number of rotatable bonds is 1. The molecule has 17 heavy (non-hydrogen) atoms. The van der Waals surface area contributed by atoms with Crippen LogP contribution in [0, 0.1) is 5.92 Å². The molecule has 1 aliphatic rings. The zero-order valence-corrected chi connectivity index (χ0v) is 11.1. The molecule has 0 aromatic heterocycles. The number of hydrogen-bond acceptors (Lipinski definition) is 2. The maximum Gasteiger partial charge on any atom is 0.104 e. The van der Waals surface area contributed by atoms with E-state index in [9.17, 15) is 10.2 Å². The molecule has 2 N–H and O–H groups in total. The highest BCUT2D eigenvalue weighted by Crippen LogP contribution is 2.25. The highest BCUT2D eigenvalue weighted by Gasteiger charge is 2.18. The van der Waals surface area contributed by atoms with Crippen LogP contribution < -0.4 is 0 Å². The van der Waals surface area contributed by atoms with E-state index in [2.05, 4.69) is 13.5 Å². The van der Waals surface area contributed by atoms with Crippen molar-refractivity contribution in [3.8, 4) is 0 Å². The Kier molecular flexibility index (Phi) is 5.16. The van der Waals surface area contributed by atoms with Crippen LogP contribution in [0.25, 0.3) is 0 Å². The summed E-state index contributed by atoms with van der Waals surface area (Å²) in [6, 6.07) is 0. The fourth-order valence-corrected chi connectivity index (χ4v) is 2.15. The fraction of sp³-hybridized carbons (Fsp3) is 0.600. The van der Waals surface area contributed by atoms with Crippen molar-refractivity contribution in [1.82, 2.24) is 0 Å². The van der Waals surface area contributed by atoms with Crippen molar-refractivity contribution in [2.45, 2.75) is 52.2 Å². The lowest BCUT2D eigenvalue weighted by molar-refractivity contribution is 0.0721. The maximum absolute atomic E-state index is 9.93. The van der Waals surface area contributed by atoms with Gasteiger partial charge in [0.05, 0.1) is 0 Å². The molecular formula is C15H24O2. The molecule has 0 radical (unpaired) electrons. The first-order valence-electron chi connectivity index (χ1n) is 6.27. The van der Waals surface area contributed by atoms with E-state index in [1.165, 1.54) is 5.57 Å². The van der Waals surface area contributed by atoms with Crippen molar-refractivity contribution < 1.29 is 10.2 Å². The summed E-state index contributed by atoms with van der Waals surface area (Å²) in [5, 5.41) is 19.8. The Hall–Kier alpha value is -0.860. The van der Waals surface area contributed by atoms with Gasteiger partial charge in [0.25, 0.3) is 0 Å². The van der Waals surface area contributed by atoms with Crippen LogP contribution in [0.5, 0.6) is 0 Å². The van der Waals surface area contributed by atoms with Gasteiger partial charge < -0.3 is 10.2 Å². The number of allylic oxidation sites excluding steroid dienone is 3. The third kappa shape index (κ3) is 4.14. The molecule has 1 aliphatic carbocycles. The van der Waals surface area contributed by atoms with Gasteiger partial charge in [0.2, 0.25) is 0 Å². The van der Waals surface area contributed by atoms with E-state index in [0.717, 1.165) is 30.4 Å². The molecule has 0 aromatic carbocycles. The van der Waals surface area contributed by atoms with Gasteiger partial charge in [-0.1, -0.05) is 29.9 Å². The highest BCUT2D eigenvalue weighted by molar-refractivity contribution is 5.16. The van der Waals surface area contributed by atoms with Gasteiger partial charge in [-0.25, -0.2) is 0 Å². The number of hydrogen-bond donors (Lipinski definition) is 2.